The zero-order valence-electron chi connectivity index (χ0n) is 11.2. The Hall–Kier alpha value is -0.530. The van der Waals surface area contributed by atoms with E-state index in [-0.39, 0.29) is 5.92 Å². The number of carboxylic acid groups (broad SMARTS) is 1. The molecule has 2 nitrogen and oxygen atoms in total. The van der Waals surface area contributed by atoms with Crippen LogP contribution in [0.25, 0.3) is 0 Å². The molecule has 0 radical (unpaired) electrons. The molecule has 2 heteroatoms. The number of carboxylic acids is 1. The Morgan fingerprint density at radius 2 is 1.76 bits per heavy atom. The van der Waals surface area contributed by atoms with Gasteiger partial charge in [0.05, 0.1) is 5.92 Å². The molecule has 2 atom stereocenters. The van der Waals surface area contributed by atoms with Crippen LogP contribution in [-0.2, 0) is 4.79 Å². The van der Waals surface area contributed by atoms with Gasteiger partial charge >= 0.3 is 5.97 Å². The first-order valence-corrected chi connectivity index (χ1v) is 7.22. The molecule has 2 rings (SSSR count). The molecule has 0 aromatic rings. The summed E-state index contributed by atoms with van der Waals surface area (Å²) in [5.41, 5.74) is 0.355. The molecule has 0 bridgehead atoms. The lowest BCUT2D eigenvalue weighted by atomic mass is 9.61. The number of aliphatic carboxylic acids is 1. The van der Waals surface area contributed by atoms with Gasteiger partial charge in [-0.2, -0.15) is 0 Å². The van der Waals surface area contributed by atoms with Gasteiger partial charge in [-0.15, -0.1) is 0 Å². The lowest BCUT2D eigenvalue weighted by Crippen LogP contribution is -2.38. The van der Waals surface area contributed by atoms with E-state index in [0.29, 0.717) is 17.3 Å². The van der Waals surface area contributed by atoms with Gasteiger partial charge in [-0.25, -0.2) is 0 Å². The van der Waals surface area contributed by atoms with E-state index in [4.69, 9.17) is 0 Å². The standard InChI is InChI=1S/C15H26O2/c1-15(2)9-8-12(14(16)17)13(10-15)11-6-4-3-5-7-11/h11-13H,3-10H2,1-2H3,(H,16,17). The van der Waals surface area contributed by atoms with Crippen LogP contribution in [0.15, 0.2) is 0 Å². The van der Waals surface area contributed by atoms with Crippen LogP contribution in [0.1, 0.15) is 65.2 Å². The van der Waals surface area contributed by atoms with Gasteiger partial charge in [0, 0.05) is 0 Å². The summed E-state index contributed by atoms with van der Waals surface area (Å²) in [5, 5.41) is 9.41. The fourth-order valence-corrected chi connectivity index (χ4v) is 4.01. The molecule has 0 heterocycles. The predicted octanol–water partition coefficient (Wildman–Crippen LogP) is 4.09. The van der Waals surface area contributed by atoms with Gasteiger partial charge in [0.2, 0.25) is 0 Å². The van der Waals surface area contributed by atoms with Crippen molar-refractivity contribution in [3.8, 4) is 0 Å². The van der Waals surface area contributed by atoms with Crippen LogP contribution in [-0.4, -0.2) is 11.1 Å². The first-order chi connectivity index (χ1) is 7.99. The average molecular weight is 238 g/mol. The zero-order chi connectivity index (χ0) is 12.5. The summed E-state index contributed by atoms with van der Waals surface area (Å²) in [5.74, 6) is 0.517. The summed E-state index contributed by atoms with van der Waals surface area (Å²) in [7, 11) is 0. The Kier molecular flexibility index (Phi) is 3.79. The van der Waals surface area contributed by atoms with Crippen molar-refractivity contribution in [2.24, 2.45) is 23.2 Å². The van der Waals surface area contributed by atoms with E-state index in [2.05, 4.69) is 13.8 Å². The van der Waals surface area contributed by atoms with Gasteiger partial charge in [-0.1, -0.05) is 46.0 Å². The topological polar surface area (TPSA) is 37.3 Å². The Morgan fingerprint density at radius 1 is 1.12 bits per heavy atom. The van der Waals surface area contributed by atoms with Crippen molar-refractivity contribution in [1.82, 2.24) is 0 Å². The SMILES string of the molecule is CC1(C)CCC(C(=O)O)C(C2CCCCC2)C1. The van der Waals surface area contributed by atoms with Crippen LogP contribution in [0, 0.1) is 23.2 Å². The second-order valence-electron chi connectivity index (χ2n) is 6.91. The first-order valence-electron chi connectivity index (χ1n) is 7.22. The van der Waals surface area contributed by atoms with Crippen molar-refractivity contribution in [2.75, 3.05) is 0 Å². The molecule has 2 aliphatic carbocycles. The van der Waals surface area contributed by atoms with Crippen LogP contribution in [0.2, 0.25) is 0 Å². The van der Waals surface area contributed by atoms with E-state index in [9.17, 15) is 9.90 Å². The highest BCUT2D eigenvalue weighted by Gasteiger charge is 2.42. The third-order valence-corrected chi connectivity index (χ3v) is 5.01. The summed E-state index contributed by atoms with van der Waals surface area (Å²) < 4.78 is 0. The van der Waals surface area contributed by atoms with Gasteiger partial charge in [0.25, 0.3) is 0 Å². The van der Waals surface area contributed by atoms with Crippen LogP contribution < -0.4 is 0 Å². The smallest absolute Gasteiger partial charge is 0.306 e. The molecular formula is C15H26O2. The quantitative estimate of drug-likeness (QED) is 0.786. The van der Waals surface area contributed by atoms with Crippen molar-refractivity contribution < 1.29 is 9.90 Å². The molecule has 98 valence electrons. The van der Waals surface area contributed by atoms with Crippen LogP contribution in [0.3, 0.4) is 0 Å². The maximum Gasteiger partial charge on any atom is 0.306 e. The summed E-state index contributed by atoms with van der Waals surface area (Å²) >= 11 is 0. The molecule has 0 aliphatic heterocycles. The number of rotatable bonds is 2. The number of hydrogen-bond acceptors (Lipinski definition) is 1. The second-order valence-corrected chi connectivity index (χ2v) is 6.91. The number of carbonyl (C=O) groups is 1. The number of hydrogen-bond donors (Lipinski definition) is 1. The first kappa shape index (κ1) is 12.9. The molecule has 0 aromatic carbocycles. The van der Waals surface area contributed by atoms with Crippen LogP contribution >= 0.6 is 0 Å². The molecule has 2 unspecified atom stereocenters. The molecule has 17 heavy (non-hydrogen) atoms. The second kappa shape index (κ2) is 4.99. The normalized spacial score (nSPS) is 34.5. The third kappa shape index (κ3) is 3.02. The zero-order valence-corrected chi connectivity index (χ0v) is 11.2. The monoisotopic (exact) mass is 238 g/mol. The molecule has 0 saturated heterocycles. The summed E-state index contributed by atoms with van der Waals surface area (Å²) in [4.78, 5) is 11.4. The highest BCUT2D eigenvalue weighted by atomic mass is 16.4. The average Bonchev–Trinajstić information content (AvgIpc) is 2.28. The Labute approximate surface area is 105 Å². The Morgan fingerprint density at radius 3 is 2.35 bits per heavy atom. The Balaban J connectivity index is 2.09. The lowest BCUT2D eigenvalue weighted by Gasteiger charge is -2.43. The fourth-order valence-electron chi connectivity index (χ4n) is 4.01. The van der Waals surface area contributed by atoms with Crippen LogP contribution in [0.4, 0.5) is 0 Å². The molecule has 1 N–H and O–H groups in total. The summed E-state index contributed by atoms with van der Waals surface area (Å²) in [6.07, 6.45) is 9.60. The fraction of sp³-hybridized carbons (Fsp3) is 0.933. The van der Waals surface area contributed by atoms with E-state index in [0.717, 1.165) is 19.3 Å². The molecule has 2 fully saturated rings. The molecular weight excluding hydrogens is 212 g/mol. The lowest BCUT2D eigenvalue weighted by molar-refractivity contribution is -0.147. The third-order valence-electron chi connectivity index (χ3n) is 5.01. The van der Waals surface area contributed by atoms with Crippen molar-refractivity contribution in [2.45, 2.75) is 65.2 Å². The van der Waals surface area contributed by atoms with Crippen molar-refractivity contribution >= 4 is 5.97 Å². The van der Waals surface area contributed by atoms with Crippen molar-refractivity contribution in [3.05, 3.63) is 0 Å². The van der Waals surface area contributed by atoms with Crippen LogP contribution in [0.5, 0.6) is 0 Å². The minimum atomic E-state index is -0.545. The van der Waals surface area contributed by atoms with Gasteiger partial charge in [-0.05, 0) is 36.5 Å². The van der Waals surface area contributed by atoms with Gasteiger partial charge in [0.1, 0.15) is 0 Å². The van der Waals surface area contributed by atoms with Crippen molar-refractivity contribution in [3.63, 3.8) is 0 Å². The minimum Gasteiger partial charge on any atom is -0.481 e. The summed E-state index contributed by atoms with van der Waals surface area (Å²) in [6.45, 7) is 4.61. The van der Waals surface area contributed by atoms with E-state index in [1.165, 1.54) is 32.1 Å². The maximum atomic E-state index is 11.4. The summed E-state index contributed by atoms with van der Waals surface area (Å²) in [6, 6.07) is 0. The van der Waals surface area contributed by atoms with Gasteiger partial charge in [0.15, 0.2) is 0 Å². The largest absolute Gasteiger partial charge is 0.481 e. The molecule has 2 saturated carbocycles. The van der Waals surface area contributed by atoms with Gasteiger partial charge < -0.3 is 5.11 Å². The molecule has 2 aliphatic rings. The maximum absolute atomic E-state index is 11.4. The highest BCUT2D eigenvalue weighted by molar-refractivity contribution is 5.70. The highest BCUT2D eigenvalue weighted by Crippen LogP contribution is 2.48. The predicted molar refractivity (Wildman–Crippen MR) is 68.8 cm³/mol. The van der Waals surface area contributed by atoms with E-state index < -0.39 is 5.97 Å². The molecule has 0 aromatic heterocycles. The van der Waals surface area contributed by atoms with Gasteiger partial charge in [-0.3, -0.25) is 4.79 Å². The molecule has 0 spiro atoms. The van der Waals surface area contributed by atoms with E-state index >= 15 is 0 Å². The minimum absolute atomic E-state index is 0.0638. The molecule has 0 amide bonds. The Bertz CT molecular complexity index is 277. The van der Waals surface area contributed by atoms with Crippen molar-refractivity contribution in [1.29, 1.82) is 0 Å². The van der Waals surface area contributed by atoms with E-state index in [1.807, 2.05) is 0 Å². The van der Waals surface area contributed by atoms with E-state index in [1.54, 1.807) is 0 Å².